The zero-order valence-corrected chi connectivity index (χ0v) is 67.9. The van der Waals surface area contributed by atoms with Gasteiger partial charge in [0.1, 0.15) is 0 Å². The van der Waals surface area contributed by atoms with Crippen molar-refractivity contribution in [3.8, 4) is 0 Å². The molecule has 4 nitrogen and oxygen atoms in total. The molecule has 0 saturated heterocycles. The first-order valence-corrected chi connectivity index (χ1v) is 41.0. The fraction of sp³-hybridized carbons (Fsp3) is 0.232. The number of para-hydroxylation sites is 2. The molecule has 0 fully saturated rings. The van der Waals surface area contributed by atoms with Gasteiger partial charge in [-0.05, 0) is 275 Å². The molecular weight excluding hydrogens is 1440 g/mol. The maximum Gasteiger partial charge on any atom is 0.446 e. The SMILES string of the molecule is Cc1cccc(N2c3cc(CSC(F)(F)F)cc4c3B(c3ccc5ccc(C(C)(C)C)cc5c32)c2ccc3ccc(C(C)(C)CCC(C)(C)c5ccc6ccc7c(c6c5)N(c5ccccc5C)c5cc(SC(F)(F)F)cc6c5B7c5ccc7ccc(C(C)(C)C)cc7c5N6c5ccccc5C)cc3c2N4c2cccc(C)c2)c1. The van der Waals surface area contributed by atoms with Gasteiger partial charge in [0.2, 0.25) is 0 Å². The van der Waals surface area contributed by atoms with Crippen molar-refractivity contribution in [3.05, 3.63) is 293 Å². The lowest BCUT2D eigenvalue weighted by atomic mass is 9.33. The molecule has 18 rings (SSSR count). The van der Waals surface area contributed by atoms with E-state index >= 15 is 13.2 Å². The molecule has 0 radical (unpaired) electrons. The number of nitrogens with zero attached hydrogens (tertiary/aromatic N) is 4. The molecule has 0 saturated carbocycles. The normalized spacial score (nSPS) is 14.1. The summed E-state index contributed by atoms with van der Waals surface area (Å²) in [7, 11) is 0. The quantitative estimate of drug-likeness (QED) is 0.0682. The first kappa shape index (κ1) is 74.2. The molecule has 4 aliphatic heterocycles. The molecule has 4 heterocycles. The zero-order chi connectivity index (χ0) is 79.1. The average Bonchev–Trinajstić information content (AvgIpc) is 0.689. The number of benzene rings is 14. The largest absolute Gasteiger partial charge is 0.446 e. The molecule has 4 aliphatic rings. The second kappa shape index (κ2) is 26.7. The zero-order valence-electron chi connectivity index (χ0n) is 66.2. The number of aryl methyl sites for hydroxylation is 4. The number of anilines is 12. The van der Waals surface area contributed by atoms with E-state index in [0.29, 0.717) is 11.3 Å². The predicted octanol–water partition coefficient (Wildman–Crippen LogP) is 25.7. The van der Waals surface area contributed by atoms with Gasteiger partial charge in [-0.15, -0.1) is 0 Å². The van der Waals surface area contributed by atoms with Crippen molar-refractivity contribution in [1.82, 2.24) is 0 Å². The molecule has 0 atom stereocenters. The van der Waals surface area contributed by atoms with Crippen molar-refractivity contribution in [2.24, 2.45) is 0 Å². The number of alkyl halides is 6. The van der Waals surface area contributed by atoms with Crippen LogP contribution in [0.5, 0.6) is 0 Å². The Labute approximate surface area is 668 Å². The molecule has 0 N–H and O–H groups in total. The lowest BCUT2D eigenvalue weighted by Gasteiger charge is -2.45. The minimum absolute atomic E-state index is 0.00133. The monoisotopic (exact) mass is 1530 g/mol. The summed E-state index contributed by atoms with van der Waals surface area (Å²) >= 11 is -0.0590. The van der Waals surface area contributed by atoms with Gasteiger partial charge in [-0.1, -0.05) is 227 Å². The molecule has 0 aromatic heterocycles. The number of rotatable bonds is 12. The number of fused-ring (bicyclic) bond motifs is 16. The van der Waals surface area contributed by atoms with Gasteiger partial charge >= 0.3 is 11.0 Å². The maximum atomic E-state index is 15.3. The summed E-state index contributed by atoms with van der Waals surface area (Å²) < 4.78 is 90.1. The van der Waals surface area contributed by atoms with Crippen LogP contribution in [0.1, 0.15) is 132 Å². The molecular formula is C99H88B2F6N4S2. The van der Waals surface area contributed by atoms with Crippen LogP contribution in [0.15, 0.2) is 248 Å². The smallest absolute Gasteiger partial charge is 0.311 e. The van der Waals surface area contributed by atoms with E-state index in [2.05, 4.69) is 311 Å². The second-order valence-corrected chi connectivity index (χ2v) is 37.4. The minimum Gasteiger partial charge on any atom is -0.311 e. The lowest BCUT2D eigenvalue weighted by molar-refractivity contribution is -0.0337. The molecule has 0 amide bonds. The van der Waals surface area contributed by atoms with Crippen LogP contribution >= 0.6 is 23.5 Å². The van der Waals surface area contributed by atoms with Crippen molar-refractivity contribution in [2.75, 3.05) is 19.6 Å². The van der Waals surface area contributed by atoms with E-state index in [1.165, 1.54) is 5.56 Å². The van der Waals surface area contributed by atoms with E-state index in [0.717, 1.165) is 190 Å². The second-order valence-electron chi connectivity index (χ2n) is 35.2. The van der Waals surface area contributed by atoms with Gasteiger partial charge in [-0.25, -0.2) is 0 Å². The molecule has 0 aliphatic carbocycles. The van der Waals surface area contributed by atoms with Crippen LogP contribution in [-0.4, -0.2) is 24.4 Å². The van der Waals surface area contributed by atoms with Gasteiger partial charge < -0.3 is 19.6 Å². The summed E-state index contributed by atoms with van der Waals surface area (Å²) in [5, 5.41) is 8.38. The Hall–Kier alpha value is -10.3. The van der Waals surface area contributed by atoms with Gasteiger partial charge in [0.25, 0.3) is 13.4 Å². The Morgan fingerprint density at radius 3 is 1.00 bits per heavy atom. The molecule has 14 heteroatoms. The maximum absolute atomic E-state index is 15.3. The summed E-state index contributed by atoms with van der Waals surface area (Å²) in [6.45, 7) is 30.4. The number of hydrogen-bond donors (Lipinski definition) is 0. The third kappa shape index (κ3) is 12.7. The van der Waals surface area contributed by atoms with Crippen molar-refractivity contribution in [1.29, 1.82) is 0 Å². The van der Waals surface area contributed by atoms with Crippen LogP contribution in [0.4, 0.5) is 94.6 Å². The highest BCUT2D eigenvalue weighted by molar-refractivity contribution is 8.00. The molecule has 0 spiro atoms. The van der Waals surface area contributed by atoms with E-state index < -0.39 is 21.8 Å². The van der Waals surface area contributed by atoms with Crippen molar-refractivity contribution in [3.63, 3.8) is 0 Å². The molecule has 0 unspecified atom stereocenters. The predicted molar refractivity (Wildman–Crippen MR) is 472 cm³/mol. The van der Waals surface area contributed by atoms with E-state index in [-0.39, 0.29) is 58.4 Å². The summed E-state index contributed by atoms with van der Waals surface area (Å²) in [6.07, 6.45) is 1.58. The Kier molecular flexibility index (Phi) is 17.5. The third-order valence-electron chi connectivity index (χ3n) is 24.6. The van der Waals surface area contributed by atoms with Gasteiger partial charge in [-0.3, -0.25) is 0 Å². The molecule has 113 heavy (non-hydrogen) atoms. The van der Waals surface area contributed by atoms with Crippen LogP contribution in [0.3, 0.4) is 0 Å². The van der Waals surface area contributed by atoms with Gasteiger partial charge in [0.15, 0.2) is 0 Å². The van der Waals surface area contributed by atoms with Crippen LogP contribution in [0.25, 0.3) is 43.1 Å². The Bertz CT molecular complexity index is 6310. The highest BCUT2D eigenvalue weighted by atomic mass is 32.2. The highest BCUT2D eigenvalue weighted by Crippen LogP contribution is 2.55. The van der Waals surface area contributed by atoms with E-state index in [1.54, 1.807) is 12.1 Å². The molecule has 14 aromatic rings. The van der Waals surface area contributed by atoms with Gasteiger partial charge in [0.05, 0.1) is 0 Å². The van der Waals surface area contributed by atoms with E-state index in [9.17, 15) is 13.2 Å². The first-order chi connectivity index (χ1) is 53.7. The van der Waals surface area contributed by atoms with Crippen LogP contribution in [0, 0.1) is 27.7 Å². The van der Waals surface area contributed by atoms with E-state index in [1.807, 2.05) is 36.4 Å². The van der Waals surface area contributed by atoms with E-state index in [4.69, 9.17) is 0 Å². The Morgan fingerprint density at radius 2 is 0.655 bits per heavy atom. The van der Waals surface area contributed by atoms with Crippen molar-refractivity contribution in [2.45, 2.75) is 153 Å². The highest BCUT2D eigenvalue weighted by Gasteiger charge is 2.49. The topological polar surface area (TPSA) is 13.0 Å². The Balaban J connectivity index is 0.791. The standard InChI is InChI=1S/C99H88B2F6N4S2/c1-58-21-19-25-71(47-58)108-84-49-62(57-112-98(102,103)104)50-85-88(84)100(78-41-33-63-29-37-67(94(5,6)7)51-74(63)90(78)108)79-42-34-65-31-39-69(53-76(65)91(79)109(85)72-26-20-22-59(2)48-72)96(11,12)45-46-97(13,14)70-40-32-66-36-44-81-93(77(66)54-70)111(83-28-18-16-24-61(83)4)87-56-73(113-99(105,106)107)55-86-89(87)101(81)80-43-35-64-30-38-68(95(8,9)10)52-75(64)92(80)110(86)82-27-17-15-23-60(82)3/h15-44,47-56H,45-46,57H2,1-14H3. The van der Waals surface area contributed by atoms with Crippen LogP contribution in [-0.2, 0) is 27.4 Å². The van der Waals surface area contributed by atoms with Gasteiger partial charge in [-0.2, -0.15) is 26.3 Å². The lowest BCUT2D eigenvalue weighted by Crippen LogP contribution is -2.61. The molecule has 0 bridgehead atoms. The summed E-state index contributed by atoms with van der Waals surface area (Å²) in [6, 6.07) is 86.6. The average molecular weight is 1530 g/mol. The first-order valence-electron chi connectivity index (χ1n) is 39.2. The van der Waals surface area contributed by atoms with Crippen LogP contribution in [0.2, 0.25) is 0 Å². The fourth-order valence-electron chi connectivity index (χ4n) is 18.6. The van der Waals surface area contributed by atoms with Crippen molar-refractivity contribution < 1.29 is 26.3 Å². The number of hydrogen-bond acceptors (Lipinski definition) is 6. The molecule has 14 aromatic carbocycles. The number of thioether (sulfide) groups is 2. The minimum atomic E-state index is -4.58. The summed E-state index contributed by atoms with van der Waals surface area (Å²) in [5.41, 5.74) is 16.2. The number of halogens is 6. The molecule has 564 valence electrons. The summed E-state index contributed by atoms with van der Waals surface area (Å²) in [4.78, 5) is 9.35. The van der Waals surface area contributed by atoms with Crippen molar-refractivity contribution >= 4 is 181 Å². The third-order valence-corrected chi connectivity index (χ3v) is 26.1. The fourth-order valence-corrected chi connectivity index (χ4v) is 19.7. The van der Waals surface area contributed by atoms with Gasteiger partial charge in [0, 0.05) is 100 Å². The van der Waals surface area contributed by atoms with Crippen LogP contribution < -0.4 is 52.4 Å². The summed E-state index contributed by atoms with van der Waals surface area (Å²) in [5.74, 6) is -0.275. The Morgan fingerprint density at radius 1 is 0.319 bits per heavy atom.